The van der Waals surface area contributed by atoms with Gasteiger partial charge in [0, 0.05) is 12.7 Å². The molecule has 2 heterocycles. The van der Waals surface area contributed by atoms with Crippen molar-refractivity contribution in [3.05, 3.63) is 18.0 Å². The molecule has 1 aliphatic heterocycles. The van der Waals surface area contributed by atoms with Gasteiger partial charge in [0.1, 0.15) is 11.8 Å². The second-order valence-electron chi connectivity index (χ2n) is 3.53. The molecule has 15 heavy (non-hydrogen) atoms. The van der Waals surface area contributed by atoms with E-state index in [1.807, 2.05) is 11.0 Å². The van der Waals surface area contributed by atoms with Gasteiger partial charge < -0.3 is 10.0 Å². The minimum absolute atomic E-state index is 0.0962. The highest BCUT2D eigenvalue weighted by molar-refractivity contribution is 5.36. The zero-order valence-corrected chi connectivity index (χ0v) is 8.30. The van der Waals surface area contributed by atoms with E-state index in [1.54, 1.807) is 12.3 Å². The molecule has 78 valence electrons. The summed E-state index contributed by atoms with van der Waals surface area (Å²) < 4.78 is 0. The SMILES string of the molecule is N#Cc1ccnc(N2CCCC2CO)n1. The topological polar surface area (TPSA) is 73.0 Å². The van der Waals surface area contributed by atoms with Gasteiger partial charge in [0.05, 0.1) is 12.6 Å². The zero-order valence-electron chi connectivity index (χ0n) is 8.30. The van der Waals surface area contributed by atoms with Gasteiger partial charge in [-0.25, -0.2) is 9.97 Å². The minimum atomic E-state index is 0.0962. The summed E-state index contributed by atoms with van der Waals surface area (Å²) in [5, 5.41) is 17.9. The summed E-state index contributed by atoms with van der Waals surface area (Å²) in [6.45, 7) is 0.959. The Balaban J connectivity index is 2.25. The Bertz CT molecular complexity index is 387. The lowest BCUT2D eigenvalue weighted by Crippen LogP contribution is -2.33. The molecule has 1 N–H and O–H groups in total. The van der Waals surface area contributed by atoms with Crippen molar-refractivity contribution in [3.63, 3.8) is 0 Å². The average Bonchev–Trinajstić information content (AvgIpc) is 2.77. The zero-order chi connectivity index (χ0) is 10.7. The number of anilines is 1. The fourth-order valence-corrected chi connectivity index (χ4v) is 1.84. The molecular weight excluding hydrogens is 192 g/mol. The fourth-order valence-electron chi connectivity index (χ4n) is 1.84. The Morgan fingerprint density at radius 2 is 2.53 bits per heavy atom. The van der Waals surface area contributed by atoms with Crippen molar-refractivity contribution in [2.45, 2.75) is 18.9 Å². The maximum Gasteiger partial charge on any atom is 0.226 e. The maximum atomic E-state index is 9.16. The molecule has 1 aromatic heterocycles. The van der Waals surface area contributed by atoms with E-state index >= 15 is 0 Å². The van der Waals surface area contributed by atoms with E-state index in [1.165, 1.54) is 0 Å². The van der Waals surface area contributed by atoms with Crippen molar-refractivity contribution in [2.75, 3.05) is 18.1 Å². The van der Waals surface area contributed by atoms with E-state index in [4.69, 9.17) is 10.4 Å². The molecule has 0 radical (unpaired) electrons. The van der Waals surface area contributed by atoms with Gasteiger partial charge >= 0.3 is 0 Å². The monoisotopic (exact) mass is 204 g/mol. The number of nitrogens with zero attached hydrogens (tertiary/aromatic N) is 4. The number of hydrogen-bond acceptors (Lipinski definition) is 5. The van der Waals surface area contributed by atoms with Crippen LogP contribution in [0, 0.1) is 11.3 Å². The van der Waals surface area contributed by atoms with Crippen LogP contribution in [-0.2, 0) is 0 Å². The van der Waals surface area contributed by atoms with Crippen LogP contribution in [0.3, 0.4) is 0 Å². The van der Waals surface area contributed by atoms with Gasteiger partial charge in [-0.3, -0.25) is 0 Å². The van der Waals surface area contributed by atoms with E-state index < -0.39 is 0 Å². The third-order valence-corrected chi connectivity index (χ3v) is 2.60. The molecule has 1 saturated heterocycles. The summed E-state index contributed by atoms with van der Waals surface area (Å²) in [4.78, 5) is 10.2. The van der Waals surface area contributed by atoms with Crippen molar-refractivity contribution >= 4 is 5.95 Å². The number of nitriles is 1. The van der Waals surface area contributed by atoms with E-state index in [-0.39, 0.29) is 12.6 Å². The first-order chi connectivity index (χ1) is 7.35. The molecule has 1 aliphatic rings. The van der Waals surface area contributed by atoms with Crippen molar-refractivity contribution in [1.82, 2.24) is 9.97 Å². The van der Waals surface area contributed by atoms with Gasteiger partial charge in [-0.2, -0.15) is 5.26 Å². The molecule has 5 heteroatoms. The molecule has 1 atom stereocenters. The van der Waals surface area contributed by atoms with E-state index in [9.17, 15) is 0 Å². The molecule has 5 nitrogen and oxygen atoms in total. The van der Waals surface area contributed by atoms with E-state index in [2.05, 4.69) is 9.97 Å². The smallest absolute Gasteiger partial charge is 0.226 e. The first-order valence-corrected chi connectivity index (χ1v) is 4.96. The van der Waals surface area contributed by atoms with Gasteiger partial charge in [-0.05, 0) is 18.9 Å². The number of rotatable bonds is 2. The van der Waals surface area contributed by atoms with Gasteiger partial charge in [0.25, 0.3) is 0 Å². The average molecular weight is 204 g/mol. The summed E-state index contributed by atoms with van der Waals surface area (Å²) >= 11 is 0. The molecule has 0 aromatic carbocycles. The predicted molar refractivity (Wildman–Crippen MR) is 54.2 cm³/mol. The van der Waals surface area contributed by atoms with Crippen molar-refractivity contribution in [3.8, 4) is 6.07 Å². The lowest BCUT2D eigenvalue weighted by Gasteiger charge is -2.22. The van der Waals surface area contributed by atoms with Crippen LogP contribution >= 0.6 is 0 Å². The van der Waals surface area contributed by atoms with Crippen molar-refractivity contribution < 1.29 is 5.11 Å². The fraction of sp³-hybridized carbons (Fsp3) is 0.500. The molecule has 0 amide bonds. The van der Waals surface area contributed by atoms with Crippen molar-refractivity contribution in [2.24, 2.45) is 0 Å². The quantitative estimate of drug-likeness (QED) is 0.750. The lowest BCUT2D eigenvalue weighted by molar-refractivity contribution is 0.265. The Morgan fingerprint density at radius 1 is 1.67 bits per heavy atom. The normalized spacial score (nSPS) is 20.3. The predicted octanol–water partition coefficient (Wildman–Crippen LogP) is 0.309. The lowest BCUT2D eigenvalue weighted by atomic mass is 10.2. The van der Waals surface area contributed by atoms with Crippen LogP contribution in [0.1, 0.15) is 18.5 Å². The number of aliphatic hydroxyl groups excluding tert-OH is 1. The second-order valence-corrected chi connectivity index (χ2v) is 3.53. The molecule has 0 spiro atoms. The molecule has 1 aromatic rings. The Hall–Kier alpha value is -1.67. The third-order valence-electron chi connectivity index (χ3n) is 2.60. The maximum absolute atomic E-state index is 9.16. The van der Waals surface area contributed by atoms with Crippen LogP contribution in [0.5, 0.6) is 0 Å². The molecule has 2 rings (SSSR count). The summed E-state index contributed by atoms with van der Waals surface area (Å²) in [7, 11) is 0. The molecular formula is C10H12N4O. The first-order valence-electron chi connectivity index (χ1n) is 4.96. The Morgan fingerprint density at radius 3 is 3.27 bits per heavy atom. The Labute approximate surface area is 88.0 Å². The van der Waals surface area contributed by atoms with Crippen LogP contribution in [0.15, 0.2) is 12.3 Å². The van der Waals surface area contributed by atoms with Gasteiger partial charge in [0.2, 0.25) is 5.95 Å². The molecule has 1 fully saturated rings. The number of aliphatic hydroxyl groups is 1. The highest BCUT2D eigenvalue weighted by atomic mass is 16.3. The summed E-state index contributed by atoms with van der Waals surface area (Å²) in [5.41, 5.74) is 0.364. The molecule has 0 bridgehead atoms. The van der Waals surface area contributed by atoms with Gasteiger partial charge in [-0.1, -0.05) is 0 Å². The highest BCUT2D eigenvalue weighted by Gasteiger charge is 2.25. The molecule has 0 saturated carbocycles. The van der Waals surface area contributed by atoms with Gasteiger partial charge in [0.15, 0.2) is 0 Å². The van der Waals surface area contributed by atoms with Crippen LogP contribution in [0.4, 0.5) is 5.95 Å². The molecule has 0 aliphatic carbocycles. The van der Waals surface area contributed by atoms with E-state index in [0.717, 1.165) is 19.4 Å². The summed E-state index contributed by atoms with van der Waals surface area (Å²) in [5.74, 6) is 0.547. The Kier molecular flexibility index (Phi) is 2.79. The van der Waals surface area contributed by atoms with Crippen molar-refractivity contribution in [1.29, 1.82) is 5.26 Å². The minimum Gasteiger partial charge on any atom is -0.394 e. The standard InChI is InChI=1S/C10H12N4O/c11-6-8-3-4-12-10(13-8)14-5-1-2-9(14)7-15/h3-4,9,15H,1-2,5,7H2. The largest absolute Gasteiger partial charge is 0.394 e. The highest BCUT2D eigenvalue weighted by Crippen LogP contribution is 2.21. The first kappa shape index (κ1) is 9.87. The van der Waals surface area contributed by atoms with E-state index in [0.29, 0.717) is 11.6 Å². The molecule has 1 unspecified atom stereocenters. The number of hydrogen-bond donors (Lipinski definition) is 1. The second kappa shape index (κ2) is 4.24. The van der Waals surface area contributed by atoms with Crippen LogP contribution in [0.2, 0.25) is 0 Å². The van der Waals surface area contributed by atoms with Crippen LogP contribution < -0.4 is 4.90 Å². The van der Waals surface area contributed by atoms with Crippen LogP contribution in [0.25, 0.3) is 0 Å². The van der Waals surface area contributed by atoms with Crippen LogP contribution in [-0.4, -0.2) is 34.3 Å². The summed E-state index contributed by atoms with van der Waals surface area (Å²) in [6.07, 6.45) is 3.57. The van der Waals surface area contributed by atoms with Gasteiger partial charge in [-0.15, -0.1) is 0 Å². The summed E-state index contributed by atoms with van der Waals surface area (Å²) in [6, 6.07) is 3.66. The third kappa shape index (κ3) is 1.90. The number of aromatic nitrogens is 2.